The number of hydrogen-bond acceptors (Lipinski definition) is 4. The predicted molar refractivity (Wildman–Crippen MR) is 104 cm³/mol. The van der Waals surface area contributed by atoms with Gasteiger partial charge >= 0.3 is 6.03 Å². The summed E-state index contributed by atoms with van der Waals surface area (Å²) in [6, 6.07) is 5.16. The van der Waals surface area contributed by atoms with Crippen LogP contribution in [0.1, 0.15) is 33.6 Å². The molecule has 1 heterocycles. The van der Waals surface area contributed by atoms with E-state index in [1.807, 2.05) is 0 Å². The van der Waals surface area contributed by atoms with Crippen LogP contribution >= 0.6 is 0 Å². The monoisotopic (exact) mass is 362 g/mol. The van der Waals surface area contributed by atoms with Crippen LogP contribution in [0.2, 0.25) is 0 Å². The van der Waals surface area contributed by atoms with Gasteiger partial charge in [-0.25, -0.2) is 4.79 Å². The van der Waals surface area contributed by atoms with Crippen molar-refractivity contribution in [3.8, 4) is 5.75 Å². The van der Waals surface area contributed by atoms with Crippen molar-refractivity contribution < 1.29 is 14.3 Å². The first-order valence-electron chi connectivity index (χ1n) is 9.13. The summed E-state index contributed by atoms with van der Waals surface area (Å²) in [6.07, 6.45) is 2.51. The van der Waals surface area contributed by atoms with Crippen LogP contribution in [0.5, 0.6) is 5.75 Å². The minimum atomic E-state index is -0.253. The van der Waals surface area contributed by atoms with Crippen LogP contribution in [0.15, 0.2) is 18.2 Å². The van der Waals surface area contributed by atoms with Gasteiger partial charge in [-0.1, -0.05) is 6.92 Å². The van der Waals surface area contributed by atoms with Gasteiger partial charge in [-0.15, -0.1) is 0 Å². The van der Waals surface area contributed by atoms with E-state index < -0.39 is 0 Å². The molecule has 2 atom stereocenters. The number of benzene rings is 1. The lowest BCUT2D eigenvalue weighted by Crippen LogP contribution is -2.47. The number of rotatable bonds is 6. The lowest BCUT2D eigenvalue weighted by Gasteiger charge is -2.35. The molecule has 1 aromatic rings. The van der Waals surface area contributed by atoms with Gasteiger partial charge in [0.15, 0.2) is 0 Å². The average Bonchev–Trinajstić information content (AvgIpc) is 2.60. The lowest BCUT2D eigenvalue weighted by atomic mass is 9.99. The quantitative estimate of drug-likeness (QED) is 0.727. The summed E-state index contributed by atoms with van der Waals surface area (Å²) >= 11 is 0. The van der Waals surface area contributed by atoms with Crippen molar-refractivity contribution in [2.24, 2.45) is 5.92 Å². The van der Waals surface area contributed by atoms with Gasteiger partial charge in [0.25, 0.3) is 0 Å². The first-order chi connectivity index (χ1) is 12.4. The number of likely N-dealkylation sites (tertiary alicyclic amines) is 1. The zero-order chi connectivity index (χ0) is 19.1. The van der Waals surface area contributed by atoms with Crippen LogP contribution < -0.4 is 20.7 Å². The molecule has 144 valence electrons. The molecule has 7 nitrogen and oxygen atoms in total. The number of nitrogens with zero attached hydrogens (tertiary/aromatic N) is 1. The molecular formula is C19H30N4O3. The molecule has 1 fully saturated rings. The number of amides is 3. The highest BCUT2D eigenvalue weighted by Crippen LogP contribution is 2.27. The second-order valence-corrected chi connectivity index (χ2v) is 7.02. The van der Waals surface area contributed by atoms with Gasteiger partial charge < -0.3 is 20.7 Å². The van der Waals surface area contributed by atoms with E-state index in [-0.39, 0.29) is 11.9 Å². The van der Waals surface area contributed by atoms with E-state index >= 15 is 0 Å². The summed E-state index contributed by atoms with van der Waals surface area (Å²) < 4.78 is 5.26. The number of anilines is 2. The van der Waals surface area contributed by atoms with Crippen LogP contribution in [0.4, 0.5) is 16.2 Å². The number of carbonyl (C=O) groups is 2. The molecule has 3 N–H and O–H groups in total. The first kappa shape index (κ1) is 20.0. The van der Waals surface area contributed by atoms with Gasteiger partial charge in [0.1, 0.15) is 5.75 Å². The second kappa shape index (κ2) is 9.43. The van der Waals surface area contributed by atoms with Crippen LogP contribution in [-0.4, -0.2) is 49.6 Å². The summed E-state index contributed by atoms with van der Waals surface area (Å²) in [4.78, 5) is 25.8. The Morgan fingerprint density at radius 2 is 2.12 bits per heavy atom. The van der Waals surface area contributed by atoms with E-state index in [4.69, 9.17) is 4.74 Å². The van der Waals surface area contributed by atoms with E-state index in [9.17, 15) is 9.59 Å². The first-order valence-corrected chi connectivity index (χ1v) is 9.13. The Bertz CT molecular complexity index is 635. The van der Waals surface area contributed by atoms with Crippen LogP contribution in [0.3, 0.4) is 0 Å². The van der Waals surface area contributed by atoms with Crippen molar-refractivity contribution >= 4 is 23.3 Å². The highest BCUT2D eigenvalue weighted by molar-refractivity contribution is 5.93. The fourth-order valence-electron chi connectivity index (χ4n) is 3.23. The molecule has 26 heavy (non-hydrogen) atoms. The summed E-state index contributed by atoms with van der Waals surface area (Å²) in [5, 5.41) is 8.42. The lowest BCUT2D eigenvalue weighted by molar-refractivity contribution is -0.114. The largest absolute Gasteiger partial charge is 0.494 e. The number of hydrogen-bond donors (Lipinski definition) is 3. The average molecular weight is 362 g/mol. The van der Waals surface area contributed by atoms with Gasteiger partial charge in [0.05, 0.1) is 12.8 Å². The Morgan fingerprint density at radius 3 is 2.77 bits per heavy atom. The Labute approximate surface area is 155 Å². The predicted octanol–water partition coefficient (Wildman–Crippen LogP) is 2.90. The van der Waals surface area contributed by atoms with E-state index in [1.54, 1.807) is 18.2 Å². The van der Waals surface area contributed by atoms with Gasteiger partial charge in [-0.05, 0) is 44.4 Å². The molecule has 0 saturated carbocycles. The summed E-state index contributed by atoms with van der Waals surface area (Å²) in [5.74, 6) is 1.03. The fourth-order valence-corrected chi connectivity index (χ4v) is 3.23. The number of carbonyl (C=O) groups excluding carboxylic acids is 2. The standard InChI is InChI=1S/C19H30N4O3/c1-13-6-5-9-23(12-13)14(2)11-20-19(25)22-16-7-8-17(21-15(3)24)18(10-16)26-4/h7-8,10,13-14H,5-6,9,11-12H2,1-4H3,(H,21,24)(H2,20,22,25)/t13-,14-/m0/s1. The van der Waals surface area contributed by atoms with Gasteiger partial charge in [0, 0.05) is 37.8 Å². The molecule has 1 saturated heterocycles. The zero-order valence-electron chi connectivity index (χ0n) is 16.1. The van der Waals surface area contributed by atoms with Crippen LogP contribution in [0, 0.1) is 5.92 Å². The number of urea groups is 1. The number of nitrogens with one attached hydrogen (secondary N) is 3. The maximum Gasteiger partial charge on any atom is 0.319 e. The molecule has 3 amide bonds. The van der Waals surface area contributed by atoms with Crippen molar-refractivity contribution in [3.63, 3.8) is 0 Å². The molecule has 0 radical (unpaired) electrons. The smallest absolute Gasteiger partial charge is 0.319 e. The molecule has 0 spiro atoms. The van der Waals surface area contributed by atoms with Gasteiger partial charge in [0.2, 0.25) is 5.91 Å². The van der Waals surface area contributed by atoms with Gasteiger partial charge in [-0.3, -0.25) is 9.69 Å². The molecule has 2 rings (SSSR count). The molecule has 1 aromatic carbocycles. The molecule has 1 aliphatic rings. The minimum Gasteiger partial charge on any atom is -0.494 e. The Balaban J connectivity index is 1.86. The highest BCUT2D eigenvalue weighted by Gasteiger charge is 2.21. The van der Waals surface area contributed by atoms with E-state index in [0.717, 1.165) is 19.0 Å². The SMILES string of the molecule is COc1cc(NC(=O)NC[C@H](C)N2CCC[C@H](C)C2)ccc1NC(C)=O. The Kier molecular flexibility index (Phi) is 7.26. The maximum atomic E-state index is 12.2. The summed E-state index contributed by atoms with van der Waals surface area (Å²) in [6.45, 7) is 8.63. The van der Waals surface area contributed by atoms with E-state index in [1.165, 1.54) is 26.9 Å². The van der Waals surface area contributed by atoms with Crippen molar-refractivity contribution in [3.05, 3.63) is 18.2 Å². The van der Waals surface area contributed by atoms with Gasteiger partial charge in [-0.2, -0.15) is 0 Å². The van der Waals surface area contributed by atoms with Crippen LogP contribution in [-0.2, 0) is 4.79 Å². The number of piperidine rings is 1. The normalized spacial score (nSPS) is 18.7. The zero-order valence-corrected chi connectivity index (χ0v) is 16.1. The Morgan fingerprint density at radius 1 is 1.35 bits per heavy atom. The topological polar surface area (TPSA) is 82.7 Å². The maximum absolute atomic E-state index is 12.2. The third kappa shape index (κ3) is 5.91. The molecule has 0 aromatic heterocycles. The highest BCUT2D eigenvalue weighted by atomic mass is 16.5. The minimum absolute atomic E-state index is 0.178. The summed E-state index contributed by atoms with van der Waals surface area (Å²) in [5.41, 5.74) is 1.17. The van der Waals surface area contributed by atoms with E-state index in [2.05, 4.69) is 34.7 Å². The van der Waals surface area contributed by atoms with Crippen molar-refractivity contribution in [1.82, 2.24) is 10.2 Å². The number of ether oxygens (including phenoxy) is 1. The molecule has 7 heteroatoms. The molecule has 0 aliphatic carbocycles. The van der Waals surface area contributed by atoms with Crippen molar-refractivity contribution in [1.29, 1.82) is 0 Å². The number of methoxy groups -OCH3 is 1. The van der Waals surface area contributed by atoms with Crippen LogP contribution in [0.25, 0.3) is 0 Å². The Hall–Kier alpha value is -2.28. The molecule has 1 aliphatic heterocycles. The summed E-state index contributed by atoms with van der Waals surface area (Å²) in [7, 11) is 1.52. The third-order valence-corrected chi connectivity index (χ3v) is 4.64. The second-order valence-electron chi connectivity index (χ2n) is 7.02. The fraction of sp³-hybridized carbons (Fsp3) is 0.579. The van der Waals surface area contributed by atoms with Crippen molar-refractivity contribution in [2.45, 2.75) is 39.7 Å². The molecule has 0 bridgehead atoms. The molecule has 0 unspecified atom stereocenters. The van der Waals surface area contributed by atoms with Crippen molar-refractivity contribution in [2.75, 3.05) is 37.4 Å². The molecular weight excluding hydrogens is 332 g/mol. The third-order valence-electron chi connectivity index (χ3n) is 4.64. The van der Waals surface area contributed by atoms with E-state index in [0.29, 0.717) is 29.7 Å².